The van der Waals surface area contributed by atoms with Gasteiger partial charge in [-0.15, -0.1) is 0 Å². The van der Waals surface area contributed by atoms with Crippen molar-refractivity contribution < 1.29 is 4.70 Å². The highest BCUT2D eigenvalue weighted by Gasteiger charge is 2.06. The van der Waals surface area contributed by atoms with Gasteiger partial charge in [0.1, 0.15) is 0 Å². The van der Waals surface area contributed by atoms with Gasteiger partial charge in [0.25, 0.3) is 0 Å². The Morgan fingerprint density at radius 3 is 0.600 bits per heavy atom. The van der Waals surface area contributed by atoms with Crippen LogP contribution >= 0.6 is 0 Å². The minimum Gasteiger partial charge on any atom is -0.361 e. The van der Waals surface area contributed by atoms with Gasteiger partial charge in [0.2, 0.25) is 0 Å². The maximum absolute atomic E-state index is 3.29. The molecule has 412 valence electrons. The first-order valence-corrected chi connectivity index (χ1v) is 20.2. The van der Waals surface area contributed by atoms with Crippen molar-refractivity contribution in [3.05, 3.63) is 182 Å². The highest BCUT2D eigenvalue weighted by atomic mass is 19.0. The maximum atomic E-state index is 3.29. The molecule has 0 saturated carbocycles. The van der Waals surface area contributed by atoms with Crippen LogP contribution in [0.1, 0.15) is 184 Å². The van der Waals surface area contributed by atoms with E-state index >= 15 is 0 Å². The van der Waals surface area contributed by atoms with E-state index < -0.39 is 0 Å². The SMILES string of the molecule is C.C.C.C.C.C.C.C.C.C.C.C.C.C.CC.CC.CC.CC.CC.F.c1ccc2[nH]ccc2c1.c1ccc2[nH]ccc2c1.c1ccc2[nH]ccc2c1.c1ccc2[nH]ccc2c1.c1ccc2c(c1)CNC2. The van der Waals surface area contributed by atoms with Crippen LogP contribution in [-0.2, 0) is 13.1 Å². The van der Waals surface area contributed by atoms with E-state index in [4.69, 9.17) is 0 Å². The number of rotatable bonds is 0. The Morgan fingerprint density at radius 2 is 0.414 bits per heavy atom. The Morgan fingerprint density at radius 1 is 0.243 bits per heavy atom. The molecule has 0 radical (unpaired) electrons. The Balaban J connectivity index is -0.0000000378. The summed E-state index contributed by atoms with van der Waals surface area (Å²) in [6.07, 6.45) is 7.80. The molecule has 0 aliphatic carbocycles. The van der Waals surface area contributed by atoms with Crippen molar-refractivity contribution >= 4 is 43.6 Å². The number of halogens is 1. The van der Waals surface area contributed by atoms with Crippen LogP contribution in [0.2, 0.25) is 0 Å². The molecule has 1 aliphatic rings. The van der Waals surface area contributed by atoms with E-state index in [2.05, 4.69) is 122 Å². The smallest absolute Gasteiger partial charge is 0.0453 e. The summed E-state index contributed by atoms with van der Waals surface area (Å²) in [5.41, 5.74) is 7.74. The Labute approximate surface area is 439 Å². The molecule has 5 heterocycles. The van der Waals surface area contributed by atoms with Gasteiger partial charge in [-0.05, 0) is 81.2 Å². The van der Waals surface area contributed by atoms with E-state index in [0.717, 1.165) is 13.1 Å². The van der Waals surface area contributed by atoms with E-state index in [0.29, 0.717) is 0 Å². The molecule has 0 spiro atoms. The molecule has 9 aromatic rings. The fraction of sp³-hybridized carbons (Fsp3) is 0.406. The minimum absolute atomic E-state index is 0. The Hall–Kier alpha value is -5.85. The van der Waals surface area contributed by atoms with Gasteiger partial charge in [-0.3, -0.25) is 4.70 Å². The summed E-state index contributed by atoms with van der Waals surface area (Å²) in [6, 6.07) is 49.7. The standard InChI is InChI=1S/C8H9N.4C8H7N.5C2H6.14CH4.FH/c1-2-4-8-6-9-5-7(8)3-1;4*1-2-4-8-7(3-1)5-6-9-8;5*1-2;;;;;;;;;;;;;;;/h1-4,9H,5-6H2;4*1-6,9H;5*1-2H3;14*1H4;1H. The normalized spacial score (nSPS) is 7.69. The summed E-state index contributed by atoms with van der Waals surface area (Å²) in [5, 5.41) is 8.39. The highest BCUT2D eigenvalue weighted by Crippen LogP contribution is 2.14. The number of aromatic amines is 4. The third-order valence-electron chi connectivity index (χ3n) is 7.60. The van der Waals surface area contributed by atoms with Gasteiger partial charge in [-0.2, -0.15) is 0 Å². The second-order valence-electron chi connectivity index (χ2n) is 10.6. The number of aromatic nitrogens is 4. The van der Waals surface area contributed by atoms with Crippen LogP contribution in [-0.4, -0.2) is 19.9 Å². The van der Waals surface area contributed by atoms with Crippen molar-refractivity contribution in [1.29, 1.82) is 0 Å². The van der Waals surface area contributed by atoms with Crippen LogP contribution in [0, 0.1) is 0 Å². The minimum atomic E-state index is 0. The fourth-order valence-electron chi connectivity index (χ4n) is 5.21. The fourth-order valence-corrected chi connectivity index (χ4v) is 5.21. The van der Waals surface area contributed by atoms with Crippen molar-refractivity contribution in [1.82, 2.24) is 25.3 Å². The summed E-state index contributed by atoms with van der Waals surface area (Å²) >= 11 is 0. The van der Waals surface area contributed by atoms with E-state index in [9.17, 15) is 0 Å². The molecule has 0 atom stereocenters. The molecule has 6 heteroatoms. The molecule has 5 aromatic carbocycles. The summed E-state index contributed by atoms with van der Waals surface area (Å²) < 4.78 is 0. The average Bonchev–Trinajstić information content (AvgIpc) is 4.15. The van der Waals surface area contributed by atoms with Gasteiger partial charge >= 0.3 is 0 Å². The number of fused-ring (bicyclic) bond motifs is 5. The predicted octanol–water partition coefficient (Wildman–Crippen LogP) is 24.2. The first-order chi connectivity index (χ1) is 27.3. The van der Waals surface area contributed by atoms with Gasteiger partial charge in [-0.1, -0.05) is 270 Å². The third-order valence-corrected chi connectivity index (χ3v) is 7.60. The summed E-state index contributed by atoms with van der Waals surface area (Å²) in [7, 11) is 0. The highest BCUT2D eigenvalue weighted by molar-refractivity contribution is 5.80. The number of para-hydroxylation sites is 4. The second kappa shape index (κ2) is 69.7. The van der Waals surface area contributed by atoms with Crippen LogP contribution in [0.3, 0.4) is 0 Å². The lowest BCUT2D eigenvalue weighted by Crippen LogP contribution is -1.99. The third kappa shape index (κ3) is 37.1. The molecule has 0 unspecified atom stereocenters. The van der Waals surface area contributed by atoms with Crippen LogP contribution in [0.25, 0.3) is 43.6 Å². The second-order valence-corrected chi connectivity index (χ2v) is 10.6. The molecule has 0 fully saturated rings. The van der Waals surface area contributed by atoms with Crippen molar-refractivity contribution in [3.8, 4) is 0 Å². The molecule has 0 saturated heterocycles. The van der Waals surface area contributed by atoms with Crippen molar-refractivity contribution in [3.63, 3.8) is 0 Å². The molecule has 0 amide bonds. The summed E-state index contributed by atoms with van der Waals surface area (Å²) in [6.45, 7) is 22.1. The van der Waals surface area contributed by atoms with Gasteiger partial charge in [-0.25, -0.2) is 0 Å². The van der Waals surface area contributed by atoms with E-state index in [1.807, 2.05) is 143 Å². The molecule has 5 nitrogen and oxygen atoms in total. The largest absolute Gasteiger partial charge is 0.361 e. The molecule has 1 aliphatic heterocycles. The lowest BCUT2D eigenvalue weighted by molar-refractivity contribution is 0.765. The van der Waals surface area contributed by atoms with Crippen LogP contribution in [0.4, 0.5) is 4.70 Å². The van der Waals surface area contributed by atoms with Crippen LogP contribution < -0.4 is 5.32 Å². The average molecular weight is 983 g/mol. The van der Waals surface area contributed by atoms with Crippen molar-refractivity contribution in [2.24, 2.45) is 0 Å². The molecule has 10 rings (SSSR count). The van der Waals surface area contributed by atoms with Crippen molar-refractivity contribution in [2.45, 2.75) is 186 Å². The van der Waals surface area contributed by atoms with E-state index in [1.54, 1.807) is 0 Å². The summed E-state index contributed by atoms with van der Waals surface area (Å²) in [4.78, 5) is 12.5. The van der Waals surface area contributed by atoms with Gasteiger partial charge in [0.15, 0.2) is 0 Å². The van der Waals surface area contributed by atoms with Crippen molar-refractivity contribution in [2.75, 3.05) is 0 Å². The molecular formula is C64H124FN5. The van der Waals surface area contributed by atoms with Gasteiger partial charge < -0.3 is 25.3 Å². The number of nitrogens with one attached hydrogen (secondary N) is 5. The first kappa shape index (κ1) is 106. The molecule has 0 bridgehead atoms. The van der Waals surface area contributed by atoms with Gasteiger partial charge in [0.05, 0.1) is 0 Å². The first-order valence-electron chi connectivity index (χ1n) is 20.2. The lowest BCUT2D eigenvalue weighted by Gasteiger charge is -1.91. The van der Waals surface area contributed by atoms with Crippen LogP contribution in [0.15, 0.2) is 170 Å². The number of hydrogen-bond donors (Lipinski definition) is 5. The molecule has 70 heavy (non-hydrogen) atoms. The van der Waals surface area contributed by atoms with E-state index in [1.165, 1.54) is 54.7 Å². The number of hydrogen-bond acceptors (Lipinski definition) is 1. The summed E-state index contributed by atoms with van der Waals surface area (Å²) in [5.74, 6) is 0. The zero-order chi connectivity index (χ0) is 40.5. The predicted molar refractivity (Wildman–Crippen MR) is 344 cm³/mol. The van der Waals surface area contributed by atoms with E-state index in [-0.39, 0.29) is 109 Å². The van der Waals surface area contributed by atoms with Gasteiger partial charge in [0, 0.05) is 59.9 Å². The Bertz CT molecular complexity index is 1780. The number of benzene rings is 5. The molecule has 4 aromatic heterocycles. The monoisotopic (exact) mass is 982 g/mol. The lowest BCUT2D eigenvalue weighted by atomic mass is 10.1. The quantitative estimate of drug-likeness (QED) is 0.103. The zero-order valence-electron chi connectivity index (χ0n) is 35.5. The topological polar surface area (TPSA) is 75.2 Å². The Kier molecular flexibility index (Phi) is 105. The molecule has 5 N–H and O–H groups in total. The molecular weight excluding hydrogens is 858 g/mol. The zero-order valence-corrected chi connectivity index (χ0v) is 35.5. The van der Waals surface area contributed by atoms with Crippen LogP contribution in [0.5, 0.6) is 0 Å². The maximum Gasteiger partial charge on any atom is 0.0453 e. The number of H-pyrrole nitrogens is 4.